The lowest BCUT2D eigenvalue weighted by Crippen LogP contribution is -2.24. The molecule has 0 amide bonds. The van der Waals surface area contributed by atoms with Crippen LogP contribution in [0.2, 0.25) is 0 Å². The van der Waals surface area contributed by atoms with E-state index >= 15 is 0 Å². The van der Waals surface area contributed by atoms with E-state index in [0.717, 1.165) is 19.0 Å². The molecular weight excluding hydrogens is 238 g/mol. The van der Waals surface area contributed by atoms with Crippen LogP contribution in [0.4, 0.5) is 0 Å². The maximum Gasteiger partial charge on any atom is -0.00172 e. The molecule has 1 aromatic rings. The van der Waals surface area contributed by atoms with Crippen molar-refractivity contribution in [2.45, 2.75) is 33.6 Å². The van der Waals surface area contributed by atoms with Crippen molar-refractivity contribution in [3.63, 3.8) is 0 Å². The second-order valence-corrected chi connectivity index (χ2v) is 6.24. The van der Waals surface area contributed by atoms with Gasteiger partial charge in [0, 0.05) is 0 Å². The zero-order valence-electron chi connectivity index (χ0n) is 12.0. The zero-order chi connectivity index (χ0) is 13.2. The standard InChI is InChI=1S/C16H27NS/c1-4-17-13-16(10-11-18-5-2)12-15-8-6-14(3)7-9-15/h6-9,16-17H,4-5,10-13H2,1-3H3. The zero-order valence-corrected chi connectivity index (χ0v) is 12.9. The van der Waals surface area contributed by atoms with E-state index in [-0.39, 0.29) is 0 Å². The number of hydrogen-bond acceptors (Lipinski definition) is 2. The Hall–Kier alpha value is -0.470. The largest absolute Gasteiger partial charge is 0.317 e. The molecule has 0 aliphatic carbocycles. The number of hydrogen-bond donors (Lipinski definition) is 1. The van der Waals surface area contributed by atoms with Crippen LogP contribution in [0.5, 0.6) is 0 Å². The van der Waals surface area contributed by atoms with Crippen molar-refractivity contribution in [1.29, 1.82) is 0 Å². The fourth-order valence-electron chi connectivity index (χ4n) is 2.08. The third kappa shape index (κ3) is 6.46. The summed E-state index contributed by atoms with van der Waals surface area (Å²) in [6.07, 6.45) is 2.52. The molecule has 2 heteroatoms. The highest BCUT2D eigenvalue weighted by Gasteiger charge is 2.09. The molecule has 0 aromatic heterocycles. The van der Waals surface area contributed by atoms with Crippen LogP contribution in [-0.4, -0.2) is 24.6 Å². The Kier molecular flexibility index (Phi) is 8.19. The number of thioether (sulfide) groups is 1. The first-order valence-corrected chi connectivity index (χ1v) is 8.25. The molecule has 1 unspecified atom stereocenters. The molecule has 0 aliphatic rings. The third-order valence-electron chi connectivity index (χ3n) is 3.20. The summed E-state index contributed by atoms with van der Waals surface area (Å²) < 4.78 is 0. The van der Waals surface area contributed by atoms with Gasteiger partial charge in [-0.3, -0.25) is 0 Å². The lowest BCUT2D eigenvalue weighted by atomic mass is 9.96. The molecule has 0 saturated carbocycles. The molecule has 1 aromatic carbocycles. The first-order valence-electron chi connectivity index (χ1n) is 7.10. The van der Waals surface area contributed by atoms with Crippen LogP contribution in [0, 0.1) is 12.8 Å². The summed E-state index contributed by atoms with van der Waals surface area (Å²) >= 11 is 2.06. The normalized spacial score (nSPS) is 12.6. The minimum absolute atomic E-state index is 0.770. The van der Waals surface area contributed by atoms with Crippen LogP contribution in [0.15, 0.2) is 24.3 Å². The van der Waals surface area contributed by atoms with Gasteiger partial charge < -0.3 is 5.32 Å². The van der Waals surface area contributed by atoms with E-state index in [4.69, 9.17) is 0 Å². The van der Waals surface area contributed by atoms with Crippen molar-refractivity contribution in [3.05, 3.63) is 35.4 Å². The molecule has 102 valence electrons. The van der Waals surface area contributed by atoms with Gasteiger partial charge >= 0.3 is 0 Å². The molecule has 0 fully saturated rings. The SMILES string of the molecule is CCNCC(CCSCC)Cc1ccc(C)cc1. The Morgan fingerprint density at radius 1 is 1.17 bits per heavy atom. The van der Waals surface area contributed by atoms with Crippen LogP contribution in [0.25, 0.3) is 0 Å². The van der Waals surface area contributed by atoms with Gasteiger partial charge in [0.1, 0.15) is 0 Å². The van der Waals surface area contributed by atoms with Gasteiger partial charge in [-0.1, -0.05) is 43.7 Å². The molecule has 0 radical (unpaired) electrons. The van der Waals surface area contributed by atoms with E-state index in [1.165, 1.54) is 35.5 Å². The van der Waals surface area contributed by atoms with E-state index in [1.54, 1.807) is 0 Å². The predicted octanol–water partition coefficient (Wildman–Crippen LogP) is 3.91. The molecule has 1 atom stereocenters. The molecule has 0 aliphatic heterocycles. The van der Waals surface area contributed by atoms with Crippen LogP contribution in [-0.2, 0) is 6.42 Å². The summed E-state index contributed by atoms with van der Waals surface area (Å²) in [6, 6.07) is 9.00. The number of rotatable bonds is 9. The van der Waals surface area contributed by atoms with Crippen molar-refractivity contribution in [1.82, 2.24) is 5.32 Å². The Bertz CT molecular complexity index is 307. The molecular formula is C16H27NS. The second-order valence-electron chi connectivity index (χ2n) is 4.85. The maximum atomic E-state index is 3.50. The molecule has 0 bridgehead atoms. The van der Waals surface area contributed by atoms with Crippen LogP contribution in [0.1, 0.15) is 31.4 Å². The summed E-state index contributed by atoms with van der Waals surface area (Å²) in [6.45, 7) is 8.80. The van der Waals surface area contributed by atoms with E-state index in [9.17, 15) is 0 Å². The van der Waals surface area contributed by atoms with Gasteiger partial charge in [0.2, 0.25) is 0 Å². The van der Waals surface area contributed by atoms with E-state index in [2.05, 4.69) is 62.1 Å². The van der Waals surface area contributed by atoms with Gasteiger partial charge in [-0.05, 0) is 55.8 Å². The molecule has 1 nitrogen and oxygen atoms in total. The Labute approximate surface area is 117 Å². The molecule has 0 saturated heterocycles. The van der Waals surface area contributed by atoms with Crippen molar-refractivity contribution < 1.29 is 0 Å². The van der Waals surface area contributed by atoms with Crippen LogP contribution >= 0.6 is 11.8 Å². The van der Waals surface area contributed by atoms with Gasteiger partial charge in [-0.2, -0.15) is 11.8 Å². The number of nitrogens with one attached hydrogen (secondary N) is 1. The average molecular weight is 265 g/mol. The van der Waals surface area contributed by atoms with Crippen molar-refractivity contribution in [2.24, 2.45) is 5.92 Å². The minimum Gasteiger partial charge on any atom is -0.317 e. The monoisotopic (exact) mass is 265 g/mol. The number of aryl methyl sites for hydroxylation is 1. The minimum atomic E-state index is 0.770. The van der Waals surface area contributed by atoms with Gasteiger partial charge in [-0.15, -0.1) is 0 Å². The van der Waals surface area contributed by atoms with E-state index in [1.807, 2.05) is 0 Å². The predicted molar refractivity (Wildman–Crippen MR) is 84.5 cm³/mol. The summed E-state index contributed by atoms with van der Waals surface area (Å²) in [5.74, 6) is 3.29. The molecule has 18 heavy (non-hydrogen) atoms. The third-order valence-corrected chi connectivity index (χ3v) is 4.14. The highest BCUT2D eigenvalue weighted by Crippen LogP contribution is 2.15. The highest BCUT2D eigenvalue weighted by molar-refractivity contribution is 7.99. The quantitative estimate of drug-likeness (QED) is 0.680. The first kappa shape index (κ1) is 15.6. The Morgan fingerprint density at radius 3 is 2.50 bits per heavy atom. The molecule has 1 N–H and O–H groups in total. The summed E-state index contributed by atoms with van der Waals surface area (Å²) in [4.78, 5) is 0. The molecule has 0 spiro atoms. The fraction of sp³-hybridized carbons (Fsp3) is 0.625. The van der Waals surface area contributed by atoms with Crippen molar-refractivity contribution in [3.8, 4) is 0 Å². The average Bonchev–Trinajstić information content (AvgIpc) is 2.38. The van der Waals surface area contributed by atoms with Crippen molar-refractivity contribution >= 4 is 11.8 Å². The first-order chi connectivity index (χ1) is 8.76. The lowest BCUT2D eigenvalue weighted by Gasteiger charge is -2.17. The van der Waals surface area contributed by atoms with Crippen LogP contribution < -0.4 is 5.32 Å². The Balaban J connectivity index is 2.45. The lowest BCUT2D eigenvalue weighted by molar-refractivity contribution is 0.470. The van der Waals surface area contributed by atoms with Gasteiger partial charge in [-0.25, -0.2) is 0 Å². The number of benzene rings is 1. The summed E-state index contributed by atoms with van der Waals surface area (Å²) in [5.41, 5.74) is 2.83. The van der Waals surface area contributed by atoms with Crippen LogP contribution in [0.3, 0.4) is 0 Å². The van der Waals surface area contributed by atoms with E-state index < -0.39 is 0 Å². The van der Waals surface area contributed by atoms with Gasteiger partial charge in [0.05, 0.1) is 0 Å². The second kappa shape index (κ2) is 9.46. The van der Waals surface area contributed by atoms with E-state index in [0.29, 0.717) is 0 Å². The topological polar surface area (TPSA) is 12.0 Å². The van der Waals surface area contributed by atoms with Crippen molar-refractivity contribution in [2.75, 3.05) is 24.6 Å². The summed E-state index contributed by atoms with van der Waals surface area (Å²) in [7, 11) is 0. The molecule has 1 rings (SSSR count). The van der Waals surface area contributed by atoms with Gasteiger partial charge in [0.15, 0.2) is 0 Å². The smallest absolute Gasteiger partial charge is 0.00172 e. The Morgan fingerprint density at radius 2 is 1.89 bits per heavy atom. The summed E-state index contributed by atoms with van der Waals surface area (Å²) in [5, 5.41) is 3.50. The van der Waals surface area contributed by atoms with Gasteiger partial charge in [0.25, 0.3) is 0 Å². The molecule has 0 heterocycles. The highest BCUT2D eigenvalue weighted by atomic mass is 32.2. The fourth-order valence-corrected chi connectivity index (χ4v) is 2.87. The maximum absolute atomic E-state index is 3.50.